The minimum Gasteiger partial charge on any atom is -0.462 e. The lowest BCUT2D eigenvalue weighted by Gasteiger charge is -2.08. The highest BCUT2D eigenvalue weighted by Gasteiger charge is 2.22. The number of esters is 2. The fraction of sp³-hybridized carbons (Fsp3) is 0.278. The molecule has 144 valence electrons. The number of carbonyl (C=O) groups is 3. The predicted octanol–water partition coefficient (Wildman–Crippen LogP) is 3.62. The molecule has 0 aliphatic heterocycles. The van der Waals surface area contributed by atoms with Gasteiger partial charge in [-0.15, -0.1) is 11.3 Å². The molecule has 0 saturated carbocycles. The predicted molar refractivity (Wildman–Crippen MR) is 95.0 cm³/mol. The minimum atomic E-state index is -1.05. The lowest BCUT2D eigenvalue weighted by Crippen LogP contribution is -2.22. The monoisotopic (exact) mass is 397 g/mol. The molecule has 6 nitrogen and oxygen atoms in total. The summed E-state index contributed by atoms with van der Waals surface area (Å²) in [6.45, 7) is 4.68. The van der Waals surface area contributed by atoms with Crippen molar-refractivity contribution in [2.24, 2.45) is 0 Å². The summed E-state index contributed by atoms with van der Waals surface area (Å²) in [7, 11) is 0. The zero-order valence-corrected chi connectivity index (χ0v) is 15.7. The van der Waals surface area contributed by atoms with Gasteiger partial charge < -0.3 is 14.8 Å². The van der Waals surface area contributed by atoms with Gasteiger partial charge in [0.2, 0.25) is 0 Å². The number of benzene rings is 1. The van der Waals surface area contributed by atoms with Gasteiger partial charge in [0.1, 0.15) is 16.6 Å². The maximum absolute atomic E-state index is 13.1. The summed E-state index contributed by atoms with van der Waals surface area (Å²) in [5.74, 6) is -4.19. The number of halogens is 2. The third kappa shape index (κ3) is 5.10. The van der Waals surface area contributed by atoms with Crippen LogP contribution in [0, 0.1) is 25.5 Å². The molecule has 1 N–H and O–H groups in total. The third-order valence-electron chi connectivity index (χ3n) is 3.55. The van der Waals surface area contributed by atoms with Gasteiger partial charge in [0, 0.05) is 10.9 Å². The molecule has 0 unspecified atom stereocenters. The topological polar surface area (TPSA) is 81.7 Å². The molecule has 27 heavy (non-hydrogen) atoms. The molecular weight excluding hydrogens is 380 g/mol. The van der Waals surface area contributed by atoms with Gasteiger partial charge in [-0.1, -0.05) is 0 Å². The molecule has 0 aliphatic carbocycles. The first-order valence-electron chi connectivity index (χ1n) is 7.93. The largest absolute Gasteiger partial charge is 0.462 e. The second-order valence-electron chi connectivity index (χ2n) is 5.49. The summed E-state index contributed by atoms with van der Waals surface area (Å²) in [4.78, 5) is 36.8. The Morgan fingerprint density at radius 2 is 1.67 bits per heavy atom. The van der Waals surface area contributed by atoms with Gasteiger partial charge >= 0.3 is 11.9 Å². The number of aryl methyl sites for hydroxylation is 1. The molecule has 1 amide bonds. The number of thiophene rings is 1. The van der Waals surface area contributed by atoms with Crippen molar-refractivity contribution >= 4 is 34.2 Å². The normalized spacial score (nSPS) is 10.4. The number of hydrogen-bond acceptors (Lipinski definition) is 6. The molecule has 1 aromatic heterocycles. The van der Waals surface area contributed by atoms with Crippen molar-refractivity contribution in [2.75, 3.05) is 18.5 Å². The van der Waals surface area contributed by atoms with Crippen LogP contribution in [0.3, 0.4) is 0 Å². The Kier molecular flexibility index (Phi) is 6.62. The average molecular weight is 397 g/mol. The van der Waals surface area contributed by atoms with E-state index in [4.69, 9.17) is 9.47 Å². The standard InChI is InChI=1S/C18H17F2NO5S/c1-4-25-18(24)15-9(2)10(3)27-16(15)21-14(22)8-26-17(23)11-5-12(19)7-13(20)6-11/h5-7H,4,8H2,1-3H3,(H,21,22). The molecule has 0 saturated heterocycles. The first kappa shape index (κ1) is 20.5. The van der Waals surface area contributed by atoms with Crippen molar-refractivity contribution in [3.8, 4) is 0 Å². The first-order valence-corrected chi connectivity index (χ1v) is 8.74. The number of carbonyl (C=O) groups excluding carboxylic acids is 3. The maximum atomic E-state index is 13.1. The van der Waals surface area contributed by atoms with Gasteiger partial charge in [-0.25, -0.2) is 18.4 Å². The van der Waals surface area contributed by atoms with Crippen molar-refractivity contribution in [1.82, 2.24) is 0 Å². The zero-order chi connectivity index (χ0) is 20.1. The number of hydrogen-bond donors (Lipinski definition) is 1. The molecule has 0 spiro atoms. The Bertz CT molecular complexity index is 874. The Morgan fingerprint density at radius 3 is 2.26 bits per heavy atom. The number of ether oxygens (including phenoxy) is 2. The van der Waals surface area contributed by atoms with Gasteiger partial charge in [0.15, 0.2) is 6.61 Å². The van der Waals surface area contributed by atoms with E-state index in [9.17, 15) is 23.2 Å². The van der Waals surface area contributed by atoms with Crippen LogP contribution in [0.5, 0.6) is 0 Å². The van der Waals surface area contributed by atoms with Crippen molar-refractivity contribution in [1.29, 1.82) is 0 Å². The van der Waals surface area contributed by atoms with E-state index in [0.29, 0.717) is 11.6 Å². The van der Waals surface area contributed by atoms with E-state index in [1.165, 1.54) is 11.3 Å². The summed E-state index contributed by atoms with van der Waals surface area (Å²) in [6.07, 6.45) is 0. The molecule has 0 atom stereocenters. The Labute approximate surface area is 158 Å². The van der Waals surface area contributed by atoms with Crippen molar-refractivity contribution < 1.29 is 32.6 Å². The fourth-order valence-corrected chi connectivity index (χ4v) is 3.28. The molecule has 9 heteroatoms. The summed E-state index contributed by atoms with van der Waals surface area (Å²) in [5, 5.41) is 2.77. The molecule has 2 aromatic rings. The van der Waals surface area contributed by atoms with E-state index in [-0.39, 0.29) is 22.7 Å². The molecule has 1 aromatic carbocycles. The highest BCUT2D eigenvalue weighted by Crippen LogP contribution is 2.33. The van der Waals surface area contributed by atoms with E-state index in [1.807, 2.05) is 0 Å². The number of nitrogens with one attached hydrogen (secondary N) is 1. The summed E-state index contributed by atoms with van der Waals surface area (Å²) in [5.41, 5.74) is 0.572. The molecule has 1 heterocycles. The molecule has 0 radical (unpaired) electrons. The Balaban J connectivity index is 2.05. The van der Waals surface area contributed by atoms with Crippen LogP contribution in [-0.2, 0) is 14.3 Å². The molecular formula is C18H17F2NO5S. The van der Waals surface area contributed by atoms with Gasteiger partial charge in [-0.05, 0) is 38.5 Å². The van der Waals surface area contributed by atoms with Crippen LogP contribution >= 0.6 is 11.3 Å². The first-order chi connectivity index (χ1) is 12.7. The lowest BCUT2D eigenvalue weighted by atomic mass is 10.1. The van der Waals surface area contributed by atoms with Crippen LogP contribution in [0.25, 0.3) is 0 Å². The molecule has 0 fully saturated rings. The minimum absolute atomic E-state index is 0.183. The fourth-order valence-electron chi connectivity index (χ4n) is 2.21. The average Bonchev–Trinajstić information content (AvgIpc) is 2.86. The smallest absolute Gasteiger partial charge is 0.341 e. The molecule has 0 aliphatic rings. The summed E-state index contributed by atoms with van der Waals surface area (Å²) < 4.78 is 36.0. The second kappa shape index (κ2) is 8.72. The summed E-state index contributed by atoms with van der Waals surface area (Å²) >= 11 is 1.19. The highest BCUT2D eigenvalue weighted by atomic mass is 32.1. The number of amides is 1. The second-order valence-corrected chi connectivity index (χ2v) is 6.72. The molecule has 0 bridgehead atoms. The van der Waals surface area contributed by atoms with Crippen molar-refractivity contribution in [3.63, 3.8) is 0 Å². The SMILES string of the molecule is CCOC(=O)c1c(NC(=O)COC(=O)c2cc(F)cc(F)c2)sc(C)c1C. The van der Waals surface area contributed by atoms with E-state index < -0.39 is 36.1 Å². The maximum Gasteiger partial charge on any atom is 0.341 e. The zero-order valence-electron chi connectivity index (χ0n) is 14.9. The Hall–Kier alpha value is -2.81. The van der Waals surface area contributed by atoms with Crippen LogP contribution in [0.2, 0.25) is 0 Å². The van der Waals surface area contributed by atoms with Crippen molar-refractivity contribution in [2.45, 2.75) is 20.8 Å². The van der Waals surface area contributed by atoms with Gasteiger partial charge in [0.25, 0.3) is 5.91 Å². The van der Waals surface area contributed by atoms with Crippen LogP contribution < -0.4 is 5.32 Å². The summed E-state index contributed by atoms with van der Waals surface area (Å²) in [6, 6.07) is 2.21. The van der Waals surface area contributed by atoms with Crippen LogP contribution in [0.1, 0.15) is 38.1 Å². The van der Waals surface area contributed by atoms with E-state index in [0.717, 1.165) is 17.0 Å². The highest BCUT2D eigenvalue weighted by molar-refractivity contribution is 7.16. The van der Waals surface area contributed by atoms with Gasteiger partial charge in [0.05, 0.1) is 17.7 Å². The quantitative estimate of drug-likeness (QED) is 0.753. The van der Waals surface area contributed by atoms with E-state index in [2.05, 4.69) is 5.32 Å². The third-order valence-corrected chi connectivity index (χ3v) is 4.67. The van der Waals surface area contributed by atoms with Gasteiger partial charge in [-0.2, -0.15) is 0 Å². The van der Waals surface area contributed by atoms with Gasteiger partial charge in [-0.3, -0.25) is 4.79 Å². The van der Waals surface area contributed by atoms with Crippen molar-refractivity contribution in [3.05, 3.63) is 51.4 Å². The van der Waals surface area contributed by atoms with E-state index in [1.54, 1.807) is 20.8 Å². The Morgan fingerprint density at radius 1 is 1.04 bits per heavy atom. The molecule has 2 rings (SSSR count). The van der Waals surface area contributed by atoms with E-state index >= 15 is 0 Å². The van der Waals surface area contributed by atoms with Crippen LogP contribution in [0.15, 0.2) is 18.2 Å². The number of anilines is 1. The number of rotatable bonds is 6. The lowest BCUT2D eigenvalue weighted by molar-refractivity contribution is -0.119. The van der Waals surface area contributed by atoms with Crippen LogP contribution in [-0.4, -0.2) is 31.1 Å². The van der Waals surface area contributed by atoms with Crippen LogP contribution in [0.4, 0.5) is 13.8 Å².